The van der Waals surface area contributed by atoms with Crippen molar-refractivity contribution in [3.05, 3.63) is 53.6 Å². The third kappa shape index (κ3) is 3.12. The van der Waals surface area contributed by atoms with E-state index in [-0.39, 0.29) is 17.6 Å². The van der Waals surface area contributed by atoms with E-state index >= 15 is 0 Å². The van der Waals surface area contributed by atoms with Crippen LogP contribution in [0.15, 0.2) is 42.5 Å². The largest absolute Gasteiger partial charge is 0.479 e. The second-order valence-electron chi connectivity index (χ2n) is 5.55. The minimum Gasteiger partial charge on any atom is -0.479 e. The van der Waals surface area contributed by atoms with Gasteiger partial charge < -0.3 is 15.4 Å². The molecule has 1 heterocycles. The summed E-state index contributed by atoms with van der Waals surface area (Å²) in [6, 6.07) is 11.5. The summed E-state index contributed by atoms with van der Waals surface area (Å²) in [5.74, 6) is -0.0712. The SMILES string of the molecule is CC(=O)c1ccc(NC(=O)c2ccc3c(c2)NC(=O)C(C)O3)cc1. The summed E-state index contributed by atoms with van der Waals surface area (Å²) in [5.41, 5.74) is 2.02. The van der Waals surface area contributed by atoms with Crippen molar-refractivity contribution in [3.63, 3.8) is 0 Å². The predicted molar refractivity (Wildman–Crippen MR) is 89.6 cm³/mol. The van der Waals surface area contributed by atoms with Crippen LogP contribution in [0.4, 0.5) is 11.4 Å². The minimum absolute atomic E-state index is 0.0347. The number of amides is 2. The van der Waals surface area contributed by atoms with Crippen LogP contribution in [0.3, 0.4) is 0 Å². The molecule has 1 aliphatic rings. The quantitative estimate of drug-likeness (QED) is 0.850. The van der Waals surface area contributed by atoms with Crippen LogP contribution < -0.4 is 15.4 Å². The van der Waals surface area contributed by atoms with Crippen LogP contribution in [0, 0.1) is 0 Å². The van der Waals surface area contributed by atoms with Gasteiger partial charge in [-0.3, -0.25) is 14.4 Å². The number of hydrogen-bond donors (Lipinski definition) is 2. The first-order chi connectivity index (χ1) is 11.4. The Morgan fingerprint density at radius 2 is 1.75 bits per heavy atom. The van der Waals surface area contributed by atoms with Crippen LogP contribution in [-0.2, 0) is 4.79 Å². The van der Waals surface area contributed by atoms with Gasteiger partial charge in [0.05, 0.1) is 5.69 Å². The molecule has 6 nitrogen and oxygen atoms in total. The number of ketones is 1. The number of hydrogen-bond acceptors (Lipinski definition) is 4. The molecule has 2 amide bonds. The molecular weight excluding hydrogens is 308 g/mol. The molecule has 0 saturated carbocycles. The van der Waals surface area contributed by atoms with E-state index in [0.29, 0.717) is 28.3 Å². The first-order valence-electron chi connectivity index (χ1n) is 7.48. The van der Waals surface area contributed by atoms with E-state index in [4.69, 9.17) is 4.74 Å². The summed E-state index contributed by atoms with van der Waals surface area (Å²) < 4.78 is 5.46. The third-order valence-corrected chi connectivity index (χ3v) is 3.72. The number of carbonyl (C=O) groups excluding carboxylic acids is 3. The zero-order valence-corrected chi connectivity index (χ0v) is 13.3. The van der Waals surface area contributed by atoms with Crippen LogP contribution in [0.5, 0.6) is 5.75 Å². The summed E-state index contributed by atoms with van der Waals surface area (Å²) in [6.45, 7) is 3.14. The van der Waals surface area contributed by atoms with Crippen molar-refractivity contribution in [1.29, 1.82) is 0 Å². The van der Waals surface area contributed by atoms with E-state index in [1.54, 1.807) is 49.4 Å². The van der Waals surface area contributed by atoms with Crippen molar-refractivity contribution in [2.75, 3.05) is 10.6 Å². The number of nitrogens with one attached hydrogen (secondary N) is 2. The molecule has 0 bridgehead atoms. The molecule has 1 atom stereocenters. The Labute approximate surface area is 138 Å². The molecule has 0 spiro atoms. The van der Waals surface area contributed by atoms with Crippen LogP contribution in [0.25, 0.3) is 0 Å². The fourth-order valence-corrected chi connectivity index (χ4v) is 2.34. The molecule has 0 aliphatic carbocycles. The van der Waals surface area contributed by atoms with Crippen molar-refractivity contribution in [2.24, 2.45) is 0 Å². The first-order valence-corrected chi connectivity index (χ1v) is 7.48. The lowest BCUT2D eigenvalue weighted by molar-refractivity contribution is -0.122. The number of carbonyl (C=O) groups is 3. The smallest absolute Gasteiger partial charge is 0.265 e. The minimum atomic E-state index is -0.558. The van der Waals surface area contributed by atoms with E-state index in [1.165, 1.54) is 6.92 Å². The summed E-state index contributed by atoms with van der Waals surface area (Å²) in [7, 11) is 0. The zero-order chi connectivity index (χ0) is 17.3. The Bertz CT molecular complexity index is 827. The third-order valence-electron chi connectivity index (χ3n) is 3.72. The van der Waals surface area contributed by atoms with Crippen LogP contribution in [-0.4, -0.2) is 23.7 Å². The Balaban J connectivity index is 1.77. The maximum atomic E-state index is 12.3. The fraction of sp³-hybridized carbons (Fsp3) is 0.167. The molecule has 24 heavy (non-hydrogen) atoms. The van der Waals surface area contributed by atoms with Gasteiger partial charge in [-0.15, -0.1) is 0 Å². The summed E-state index contributed by atoms with van der Waals surface area (Å²) >= 11 is 0. The maximum absolute atomic E-state index is 12.3. The summed E-state index contributed by atoms with van der Waals surface area (Å²) in [6.07, 6.45) is -0.558. The highest BCUT2D eigenvalue weighted by Gasteiger charge is 2.24. The van der Waals surface area contributed by atoms with E-state index in [0.717, 1.165) is 0 Å². The van der Waals surface area contributed by atoms with Crippen molar-refractivity contribution in [3.8, 4) is 5.75 Å². The van der Waals surface area contributed by atoms with Gasteiger partial charge in [0.25, 0.3) is 11.8 Å². The van der Waals surface area contributed by atoms with Crippen LogP contribution >= 0.6 is 0 Å². The lowest BCUT2D eigenvalue weighted by Gasteiger charge is -2.23. The van der Waals surface area contributed by atoms with Gasteiger partial charge in [-0.2, -0.15) is 0 Å². The van der Waals surface area contributed by atoms with Crippen LogP contribution in [0.1, 0.15) is 34.6 Å². The average Bonchev–Trinajstić information content (AvgIpc) is 2.56. The maximum Gasteiger partial charge on any atom is 0.265 e. The highest BCUT2D eigenvalue weighted by atomic mass is 16.5. The van der Waals surface area contributed by atoms with Crippen LogP contribution in [0.2, 0.25) is 0 Å². The van der Waals surface area contributed by atoms with Crippen molar-refractivity contribution >= 4 is 29.0 Å². The molecule has 1 unspecified atom stereocenters. The fourth-order valence-electron chi connectivity index (χ4n) is 2.34. The monoisotopic (exact) mass is 324 g/mol. The Hall–Kier alpha value is -3.15. The zero-order valence-electron chi connectivity index (χ0n) is 13.3. The Morgan fingerprint density at radius 3 is 2.42 bits per heavy atom. The summed E-state index contributed by atoms with van der Waals surface area (Å²) in [5, 5.41) is 5.45. The number of benzene rings is 2. The second-order valence-corrected chi connectivity index (χ2v) is 5.55. The number of fused-ring (bicyclic) bond motifs is 1. The molecule has 2 N–H and O–H groups in total. The highest BCUT2D eigenvalue weighted by Crippen LogP contribution is 2.30. The number of rotatable bonds is 3. The first kappa shape index (κ1) is 15.7. The normalized spacial score (nSPS) is 15.8. The summed E-state index contributed by atoms with van der Waals surface area (Å²) in [4.78, 5) is 35.2. The van der Waals surface area contributed by atoms with E-state index in [9.17, 15) is 14.4 Å². The average molecular weight is 324 g/mol. The lowest BCUT2D eigenvalue weighted by Crippen LogP contribution is -2.34. The van der Waals surface area contributed by atoms with E-state index in [1.807, 2.05) is 0 Å². The van der Waals surface area contributed by atoms with E-state index < -0.39 is 6.10 Å². The molecule has 2 aromatic carbocycles. The predicted octanol–water partition coefficient (Wildman–Crippen LogP) is 2.86. The molecular formula is C18H16N2O4. The molecule has 122 valence electrons. The topological polar surface area (TPSA) is 84.5 Å². The molecule has 0 radical (unpaired) electrons. The van der Waals surface area contributed by atoms with Gasteiger partial charge in [0.2, 0.25) is 0 Å². The van der Waals surface area contributed by atoms with Crippen molar-refractivity contribution in [1.82, 2.24) is 0 Å². The Kier molecular flexibility index (Phi) is 4.04. The molecule has 0 saturated heterocycles. The van der Waals surface area contributed by atoms with E-state index in [2.05, 4.69) is 10.6 Å². The number of Topliss-reactive ketones (excluding diaryl/α,β-unsaturated/α-hetero) is 1. The van der Waals surface area contributed by atoms with Gasteiger partial charge in [0.1, 0.15) is 5.75 Å². The Morgan fingerprint density at radius 1 is 1.08 bits per heavy atom. The van der Waals surface area contributed by atoms with Crippen molar-refractivity contribution < 1.29 is 19.1 Å². The molecule has 2 aromatic rings. The van der Waals surface area contributed by atoms with Gasteiger partial charge in [-0.25, -0.2) is 0 Å². The lowest BCUT2D eigenvalue weighted by atomic mass is 10.1. The van der Waals surface area contributed by atoms with Gasteiger partial charge in [0.15, 0.2) is 11.9 Å². The van der Waals surface area contributed by atoms with Gasteiger partial charge >= 0.3 is 0 Å². The molecule has 0 fully saturated rings. The standard InChI is InChI=1S/C18H16N2O4/c1-10(21)12-3-6-14(7-4-12)19-18(23)13-5-8-16-15(9-13)20-17(22)11(2)24-16/h3-9,11H,1-2H3,(H,19,23)(H,20,22). The molecule has 6 heteroatoms. The molecule has 3 rings (SSSR count). The molecule has 0 aromatic heterocycles. The van der Waals surface area contributed by atoms with Gasteiger partial charge in [-0.1, -0.05) is 0 Å². The molecule has 1 aliphatic heterocycles. The van der Waals surface area contributed by atoms with Gasteiger partial charge in [-0.05, 0) is 56.3 Å². The highest BCUT2D eigenvalue weighted by molar-refractivity contribution is 6.06. The second kappa shape index (κ2) is 6.16. The van der Waals surface area contributed by atoms with Crippen molar-refractivity contribution in [2.45, 2.75) is 20.0 Å². The number of anilines is 2. The number of ether oxygens (including phenoxy) is 1. The van der Waals surface area contributed by atoms with Gasteiger partial charge in [0, 0.05) is 16.8 Å².